The van der Waals surface area contributed by atoms with Crippen LogP contribution in [0.3, 0.4) is 0 Å². The zero-order chi connectivity index (χ0) is 15.0. The molecule has 0 atom stereocenters. The highest BCUT2D eigenvalue weighted by Crippen LogP contribution is 2.26. The number of nitrogens with zero attached hydrogens (tertiary/aromatic N) is 3. The van der Waals surface area contributed by atoms with E-state index in [-0.39, 0.29) is 0 Å². The van der Waals surface area contributed by atoms with Gasteiger partial charge < -0.3 is 4.98 Å². The number of rotatable bonds is 1. The van der Waals surface area contributed by atoms with Crippen molar-refractivity contribution in [3.8, 4) is 17.8 Å². The zero-order valence-electron chi connectivity index (χ0n) is 10.6. The van der Waals surface area contributed by atoms with Crippen molar-refractivity contribution in [2.75, 3.05) is 0 Å². The Morgan fingerprint density at radius 3 is 2.57 bits per heavy atom. The number of halogens is 1. The number of fused-ring (bicyclic) bond motifs is 1. The van der Waals surface area contributed by atoms with Gasteiger partial charge in [0.25, 0.3) is 0 Å². The monoisotopic (exact) mass is 310 g/mol. The molecule has 100 valence electrons. The molecular formula is C15H7ClN4S. The second-order valence-electron chi connectivity index (χ2n) is 4.35. The summed E-state index contributed by atoms with van der Waals surface area (Å²) in [5, 5.41) is 18.9. The van der Waals surface area contributed by atoms with Gasteiger partial charge in [-0.1, -0.05) is 17.7 Å². The summed E-state index contributed by atoms with van der Waals surface area (Å²) in [6.45, 7) is 0. The fourth-order valence-electron chi connectivity index (χ4n) is 2.25. The Balaban J connectivity index is 2.46. The molecule has 4 nitrogen and oxygen atoms in total. The lowest BCUT2D eigenvalue weighted by Gasteiger charge is -2.07. The maximum Gasteiger partial charge on any atom is 0.182 e. The number of nitrogens with one attached hydrogen (secondary N) is 1. The third-order valence-electron chi connectivity index (χ3n) is 3.16. The molecule has 0 spiro atoms. The molecule has 2 aromatic carbocycles. The summed E-state index contributed by atoms with van der Waals surface area (Å²) in [6.07, 6.45) is 0. The fraction of sp³-hybridized carbons (Fsp3) is 0. The summed E-state index contributed by atoms with van der Waals surface area (Å²) >= 11 is 11.4. The Bertz CT molecular complexity index is 1000. The first-order valence-corrected chi connectivity index (χ1v) is 6.78. The van der Waals surface area contributed by atoms with Gasteiger partial charge in [-0.3, -0.25) is 4.57 Å². The van der Waals surface area contributed by atoms with Crippen LogP contribution >= 0.6 is 23.8 Å². The highest BCUT2D eigenvalue weighted by Gasteiger charge is 2.13. The molecule has 1 heterocycles. The molecule has 3 aromatic rings. The van der Waals surface area contributed by atoms with Crippen LogP contribution in [0.4, 0.5) is 0 Å². The minimum absolute atomic E-state index is 0.409. The van der Waals surface area contributed by atoms with Crippen LogP contribution in [-0.2, 0) is 0 Å². The number of H-pyrrole nitrogens is 1. The topological polar surface area (TPSA) is 68.3 Å². The molecule has 0 aliphatic carbocycles. The number of aromatic nitrogens is 2. The maximum absolute atomic E-state index is 9.27. The molecular weight excluding hydrogens is 304 g/mol. The first-order chi connectivity index (χ1) is 10.2. The lowest BCUT2D eigenvalue weighted by atomic mass is 10.1. The second kappa shape index (κ2) is 5.06. The van der Waals surface area contributed by atoms with Crippen LogP contribution in [0.2, 0.25) is 5.02 Å². The molecule has 1 N–H and O–H groups in total. The Kier molecular flexibility index (Phi) is 3.23. The van der Waals surface area contributed by atoms with Gasteiger partial charge in [0, 0.05) is 5.02 Å². The van der Waals surface area contributed by atoms with Gasteiger partial charge in [-0.2, -0.15) is 10.5 Å². The number of imidazole rings is 1. The molecule has 3 rings (SSSR count). The van der Waals surface area contributed by atoms with Crippen molar-refractivity contribution < 1.29 is 0 Å². The normalized spacial score (nSPS) is 10.2. The van der Waals surface area contributed by atoms with E-state index in [1.165, 1.54) is 0 Å². The highest BCUT2D eigenvalue weighted by molar-refractivity contribution is 7.71. The van der Waals surface area contributed by atoms with Crippen LogP contribution < -0.4 is 0 Å². The molecule has 0 saturated carbocycles. The van der Waals surface area contributed by atoms with Crippen molar-refractivity contribution in [3.05, 3.63) is 57.3 Å². The third kappa shape index (κ3) is 2.09. The predicted octanol–water partition coefficient (Wildman–Crippen LogP) is 4.08. The third-order valence-corrected chi connectivity index (χ3v) is 3.68. The van der Waals surface area contributed by atoms with E-state index >= 15 is 0 Å². The van der Waals surface area contributed by atoms with E-state index in [1.54, 1.807) is 34.9 Å². The zero-order valence-corrected chi connectivity index (χ0v) is 12.2. The summed E-state index contributed by atoms with van der Waals surface area (Å²) in [5.41, 5.74) is 2.93. The van der Waals surface area contributed by atoms with Gasteiger partial charge in [0.1, 0.15) is 12.1 Å². The van der Waals surface area contributed by atoms with Crippen molar-refractivity contribution in [2.24, 2.45) is 0 Å². The van der Waals surface area contributed by atoms with E-state index in [0.29, 0.717) is 32.1 Å². The van der Waals surface area contributed by atoms with Gasteiger partial charge in [-0.25, -0.2) is 0 Å². The molecule has 6 heteroatoms. The maximum atomic E-state index is 9.27. The average Bonchev–Trinajstić information content (AvgIpc) is 2.82. The highest BCUT2D eigenvalue weighted by atomic mass is 35.5. The average molecular weight is 311 g/mol. The second-order valence-corrected chi connectivity index (χ2v) is 5.17. The largest absolute Gasteiger partial charge is 0.329 e. The molecule has 0 aliphatic rings. The van der Waals surface area contributed by atoms with Gasteiger partial charge in [-0.05, 0) is 42.5 Å². The van der Waals surface area contributed by atoms with Gasteiger partial charge in [0.05, 0.1) is 27.8 Å². The van der Waals surface area contributed by atoms with Crippen LogP contribution in [0.25, 0.3) is 16.7 Å². The number of hydrogen-bond acceptors (Lipinski definition) is 3. The molecule has 0 fully saturated rings. The summed E-state index contributed by atoms with van der Waals surface area (Å²) in [6, 6.07) is 14.6. The lowest BCUT2D eigenvalue weighted by molar-refractivity contribution is 1.06. The van der Waals surface area contributed by atoms with Gasteiger partial charge in [0.2, 0.25) is 0 Å². The smallest absolute Gasteiger partial charge is 0.182 e. The van der Waals surface area contributed by atoms with Crippen LogP contribution in [0, 0.1) is 27.4 Å². The minimum Gasteiger partial charge on any atom is -0.329 e. The summed E-state index contributed by atoms with van der Waals surface area (Å²) < 4.78 is 2.13. The van der Waals surface area contributed by atoms with Crippen LogP contribution in [0.5, 0.6) is 0 Å². The van der Waals surface area contributed by atoms with E-state index in [4.69, 9.17) is 29.1 Å². The Morgan fingerprint density at radius 2 is 1.86 bits per heavy atom. The van der Waals surface area contributed by atoms with E-state index < -0.39 is 0 Å². The summed E-state index contributed by atoms with van der Waals surface area (Å²) in [7, 11) is 0. The van der Waals surface area contributed by atoms with Crippen LogP contribution in [-0.4, -0.2) is 9.55 Å². The first kappa shape index (κ1) is 13.4. The van der Waals surface area contributed by atoms with Gasteiger partial charge >= 0.3 is 0 Å². The quantitative estimate of drug-likeness (QED) is 0.688. The molecule has 0 radical (unpaired) electrons. The summed E-state index contributed by atoms with van der Waals surface area (Å²) in [4.78, 5) is 3.02. The number of nitriles is 2. The molecule has 1 aromatic heterocycles. The van der Waals surface area contributed by atoms with Gasteiger partial charge in [0.15, 0.2) is 4.77 Å². The summed E-state index contributed by atoms with van der Waals surface area (Å²) in [5.74, 6) is 0. The number of aromatic amines is 1. The van der Waals surface area contributed by atoms with E-state index in [1.807, 2.05) is 6.07 Å². The van der Waals surface area contributed by atoms with E-state index in [0.717, 1.165) is 5.52 Å². The Labute approximate surface area is 130 Å². The van der Waals surface area contributed by atoms with Crippen LogP contribution in [0.15, 0.2) is 36.4 Å². The lowest BCUT2D eigenvalue weighted by Crippen LogP contribution is -1.97. The number of para-hydroxylation sites is 1. The molecule has 0 bridgehead atoms. The fourth-order valence-corrected chi connectivity index (χ4v) is 2.71. The number of hydrogen-bond donors (Lipinski definition) is 1. The van der Waals surface area contributed by atoms with Gasteiger partial charge in [-0.15, -0.1) is 0 Å². The van der Waals surface area contributed by atoms with Crippen molar-refractivity contribution in [3.63, 3.8) is 0 Å². The van der Waals surface area contributed by atoms with Crippen LogP contribution in [0.1, 0.15) is 11.1 Å². The van der Waals surface area contributed by atoms with E-state index in [9.17, 15) is 5.26 Å². The predicted molar refractivity (Wildman–Crippen MR) is 82.9 cm³/mol. The molecule has 0 amide bonds. The van der Waals surface area contributed by atoms with Crippen molar-refractivity contribution >= 4 is 34.9 Å². The van der Waals surface area contributed by atoms with Crippen molar-refractivity contribution in [1.82, 2.24) is 9.55 Å². The molecule has 0 aliphatic heterocycles. The van der Waals surface area contributed by atoms with Crippen molar-refractivity contribution in [2.45, 2.75) is 0 Å². The van der Waals surface area contributed by atoms with Crippen molar-refractivity contribution in [1.29, 1.82) is 10.5 Å². The number of benzene rings is 2. The molecule has 0 unspecified atom stereocenters. The molecule has 0 saturated heterocycles. The SMILES string of the molecule is N#Cc1ccc(Cl)cc1-n1c(=S)[nH]c2c(C#N)cccc21. The van der Waals surface area contributed by atoms with E-state index in [2.05, 4.69) is 17.1 Å². The molecule has 21 heavy (non-hydrogen) atoms. The first-order valence-electron chi connectivity index (χ1n) is 5.99. The minimum atomic E-state index is 0.409. The standard InChI is InChI=1S/C15H7ClN4S/c16-11-5-4-9(7-17)13(6-11)20-12-3-1-2-10(8-18)14(12)19-15(20)21/h1-6H,(H,19,21). The Morgan fingerprint density at radius 1 is 1.10 bits per heavy atom. The Hall–Kier alpha value is -2.60.